The zero-order valence-electron chi connectivity index (χ0n) is 9.93. The molecule has 5 nitrogen and oxygen atoms in total. The van der Waals surface area contributed by atoms with Gasteiger partial charge >= 0.3 is 0 Å². The highest BCUT2D eigenvalue weighted by Crippen LogP contribution is 2.25. The van der Waals surface area contributed by atoms with E-state index >= 15 is 0 Å². The van der Waals surface area contributed by atoms with Gasteiger partial charge in [0, 0.05) is 23.5 Å². The zero-order chi connectivity index (χ0) is 14.7. The van der Waals surface area contributed by atoms with Gasteiger partial charge in [0.2, 0.25) is 0 Å². The third-order valence-corrected chi connectivity index (χ3v) is 2.52. The van der Waals surface area contributed by atoms with Crippen molar-refractivity contribution in [3.05, 3.63) is 63.7 Å². The standard InChI is InChI=1S/C13H7F2N3O2/c14-11-3-1-10(6-12(11)15)17-9-2-4-13(18(19)20)8(5-9)7-16/h1-6,17H. The molecule has 1 N–H and O–H groups in total. The molecule has 0 radical (unpaired) electrons. The van der Waals surface area contributed by atoms with Crippen molar-refractivity contribution in [3.8, 4) is 6.07 Å². The van der Waals surface area contributed by atoms with E-state index in [9.17, 15) is 18.9 Å². The Morgan fingerprint density at radius 3 is 2.35 bits per heavy atom. The lowest BCUT2D eigenvalue weighted by molar-refractivity contribution is -0.385. The molecule has 0 bridgehead atoms. The van der Waals surface area contributed by atoms with Crippen molar-refractivity contribution in [2.24, 2.45) is 0 Å². The predicted molar refractivity (Wildman–Crippen MR) is 67.5 cm³/mol. The first-order valence-corrected chi connectivity index (χ1v) is 5.42. The first-order chi connectivity index (χ1) is 9.51. The summed E-state index contributed by atoms with van der Waals surface area (Å²) in [4.78, 5) is 10.0. The number of hydrogen-bond donors (Lipinski definition) is 1. The van der Waals surface area contributed by atoms with Crippen LogP contribution in [0.25, 0.3) is 0 Å². The van der Waals surface area contributed by atoms with Crippen molar-refractivity contribution in [2.75, 3.05) is 5.32 Å². The molecule has 2 aromatic carbocycles. The number of benzene rings is 2. The molecule has 0 aromatic heterocycles. The van der Waals surface area contributed by atoms with E-state index in [1.807, 2.05) is 0 Å². The van der Waals surface area contributed by atoms with Crippen molar-refractivity contribution in [1.29, 1.82) is 5.26 Å². The summed E-state index contributed by atoms with van der Waals surface area (Å²) in [5.41, 5.74) is 0.186. The van der Waals surface area contributed by atoms with Gasteiger partial charge in [-0.25, -0.2) is 8.78 Å². The van der Waals surface area contributed by atoms with Crippen molar-refractivity contribution in [1.82, 2.24) is 0 Å². The number of halogens is 2. The predicted octanol–water partition coefficient (Wildman–Crippen LogP) is 3.49. The fourth-order valence-electron chi connectivity index (χ4n) is 1.60. The molecule has 0 heterocycles. The van der Waals surface area contributed by atoms with E-state index in [0.717, 1.165) is 12.1 Å². The van der Waals surface area contributed by atoms with E-state index in [4.69, 9.17) is 5.26 Å². The highest BCUT2D eigenvalue weighted by atomic mass is 19.2. The number of nitriles is 1. The van der Waals surface area contributed by atoms with Gasteiger partial charge in [0.1, 0.15) is 11.6 Å². The number of nitro groups is 1. The molecule has 0 unspecified atom stereocenters. The molecule has 0 atom stereocenters. The van der Waals surface area contributed by atoms with Gasteiger partial charge in [0.05, 0.1) is 4.92 Å². The first kappa shape index (κ1) is 13.4. The van der Waals surface area contributed by atoms with Crippen LogP contribution < -0.4 is 5.32 Å². The third kappa shape index (κ3) is 2.70. The molecule has 0 aliphatic rings. The van der Waals surface area contributed by atoms with Crippen LogP contribution in [0.15, 0.2) is 36.4 Å². The Morgan fingerprint density at radius 2 is 1.75 bits per heavy atom. The molecular formula is C13H7F2N3O2. The Labute approximate surface area is 112 Å². The average Bonchev–Trinajstić information content (AvgIpc) is 2.42. The summed E-state index contributed by atoms with van der Waals surface area (Å²) in [7, 11) is 0. The van der Waals surface area contributed by atoms with Crippen LogP contribution in [0.2, 0.25) is 0 Å². The van der Waals surface area contributed by atoms with Crippen LogP contribution in [0.4, 0.5) is 25.8 Å². The smallest absolute Gasteiger partial charge is 0.287 e. The number of hydrogen-bond acceptors (Lipinski definition) is 4. The summed E-state index contributed by atoms with van der Waals surface area (Å²) in [6, 6.07) is 8.73. The molecule has 0 saturated carbocycles. The average molecular weight is 275 g/mol. The molecule has 0 fully saturated rings. The second-order valence-electron chi connectivity index (χ2n) is 3.85. The van der Waals surface area contributed by atoms with Crippen molar-refractivity contribution in [3.63, 3.8) is 0 Å². The maximum absolute atomic E-state index is 13.0. The molecule has 2 aromatic rings. The minimum atomic E-state index is -1.02. The quantitative estimate of drug-likeness (QED) is 0.687. The molecule has 0 amide bonds. The van der Waals surface area contributed by atoms with E-state index in [1.165, 1.54) is 24.3 Å². The van der Waals surface area contributed by atoms with E-state index < -0.39 is 16.6 Å². The topological polar surface area (TPSA) is 79.0 Å². The molecular weight excluding hydrogens is 268 g/mol. The Kier molecular flexibility index (Phi) is 3.57. The van der Waals surface area contributed by atoms with Crippen molar-refractivity contribution >= 4 is 17.1 Å². The van der Waals surface area contributed by atoms with Crippen LogP contribution in [-0.4, -0.2) is 4.92 Å². The summed E-state index contributed by atoms with van der Waals surface area (Å²) in [5.74, 6) is -1.99. The number of rotatable bonds is 3. The lowest BCUT2D eigenvalue weighted by Crippen LogP contribution is -1.96. The van der Waals surface area contributed by atoms with E-state index in [2.05, 4.69) is 5.32 Å². The minimum absolute atomic E-state index is 0.123. The largest absolute Gasteiger partial charge is 0.355 e. The Hall–Kier alpha value is -3.01. The normalized spacial score (nSPS) is 9.85. The second kappa shape index (κ2) is 5.32. The Morgan fingerprint density at radius 1 is 1.10 bits per heavy atom. The molecule has 0 spiro atoms. The van der Waals surface area contributed by atoms with Crippen LogP contribution in [0, 0.1) is 33.1 Å². The number of nitrogens with one attached hydrogen (secondary N) is 1. The zero-order valence-corrected chi connectivity index (χ0v) is 9.93. The maximum atomic E-state index is 13.0. The van der Waals surface area contributed by atoms with Crippen LogP contribution in [0.5, 0.6) is 0 Å². The van der Waals surface area contributed by atoms with Gasteiger partial charge in [-0.1, -0.05) is 0 Å². The Balaban J connectivity index is 2.32. The summed E-state index contributed by atoms with van der Waals surface area (Å²) in [6.07, 6.45) is 0. The number of nitro benzene ring substituents is 1. The highest BCUT2D eigenvalue weighted by molar-refractivity contribution is 5.65. The highest BCUT2D eigenvalue weighted by Gasteiger charge is 2.13. The fraction of sp³-hybridized carbons (Fsp3) is 0. The van der Waals surface area contributed by atoms with Gasteiger partial charge in [0.15, 0.2) is 11.6 Å². The van der Waals surface area contributed by atoms with Gasteiger partial charge < -0.3 is 5.32 Å². The van der Waals surface area contributed by atoms with Crippen LogP contribution in [0.1, 0.15) is 5.56 Å². The summed E-state index contributed by atoms with van der Waals surface area (Å²) < 4.78 is 25.8. The molecule has 7 heteroatoms. The lowest BCUT2D eigenvalue weighted by atomic mass is 10.1. The number of anilines is 2. The van der Waals surface area contributed by atoms with E-state index in [1.54, 1.807) is 6.07 Å². The molecule has 0 aliphatic heterocycles. The molecule has 20 heavy (non-hydrogen) atoms. The summed E-state index contributed by atoms with van der Waals surface area (Å²) in [5, 5.41) is 22.3. The van der Waals surface area contributed by atoms with Crippen LogP contribution in [0.3, 0.4) is 0 Å². The number of nitrogens with zero attached hydrogens (tertiary/aromatic N) is 2. The van der Waals surface area contributed by atoms with Gasteiger partial charge in [-0.05, 0) is 24.3 Å². The molecule has 0 saturated heterocycles. The minimum Gasteiger partial charge on any atom is -0.355 e. The summed E-state index contributed by atoms with van der Waals surface area (Å²) in [6.45, 7) is 0. The van der Waals surface area contributed by atoms with E-state index in [0.29, 0.717) is 5.69 Å². The fourth-order valence-corrected chi connectivity index (χ4v) is 1.60. The van der Waals surface area contributed by atoms with Crippen LogP contribution >= 0.6 is 0 Å². The van der Waals surface area contributed by atoms with Gasteiger partial charge in [-0.2, -0.15) is 5.26 Å². The maximum Gasteiger partial charge on any atom is 0.287 e. The van der Waals surface area contributed by atoms with Gasteiger partial charge in [0.25, 0.3) is 5.69 Å². The van der Waals surface area contributed by atoms with Gasteiger partial charge in [-0.3, -0.25) is 10.1 Å². The van der Waals surface area contributed by atoms with E-state index in [-0.39, 0.29) is 16.9 Å². The van der Waals surface area contributed by atoms with Crippen LogP contribution in [-0.2, 0) is 0 Å². The first-order valence-electron chi connectivity index (χ1n) is 5.42. The second-order valence-corrected chi connectivity index (χ2v) is 3.85. The Bertz CT molecular complexity index is 726. The molecule has 2 rings (SSSR count). The van der Waals surface area contributed by atoms with Crippen molar-refractivity contribution < 1.29 is 13.7 Å². The third-order valence-electron chi connectivity index (χ3n) is 2.52. The monoisotopic (exact) mass is 275 g/mol. The molecule has 100 valence electrons. The van der Waals surface area contributed by atoms with Crippen molar-refractivity contribution in [2.45, 2.75) is 0 Å². The SMILES string of the molecule is N#Cc1cc(Nc2ccc(F)c(F)c2)ccc1[N+](=O)[O-]. The summed E-state index contributed by atoms with van der Waals surface area (Å²) >= 11 is 0. The van der Waals surface area contributed by atoms with Gasteiger partial charge in [-0.15, -0.1) is 0 Å². The lowest BCUT2D eigenvalue weighted by Gasteiger charge is -2.07. The molecule has 0 aliphatic carbocycles.